The number of carbonyl (C=O) groups excluding carboxylic acids is 3. The predicted octanol–water partition coefficient (Wildman–Crippen LogP) is 3.89. The Hall–Kier alpha value is -4.33. The van der Waals surface area contributed by atoms with Crippen LogP contribution in [0.2, 0.25) is 0 Å². The Balaban J connectivity index is 1.47. The smallest absolute Gasteiger partial charge is 0.340 e. The molecule has 3 aromatic carbocycles. The van der Waals surface area contributed by atoms with Crippen molar-refractivity contribution in [3.8, 4) is 11.5 Å². The van der Waals surface area contributed by atoms with E-state index < -0.39 is 24.5 Å². The number of benzene rings is 3. The minimum Gasteiger partial charge on any atom is -0.497 e. The number of rotatable bonds is 9. The molecule has 0 radical (unpaired) electrons. The van der Waals surface area contributed by atoms with E-state index in [4.69, 9.17) is 14.2 Å². The molecule has 2 amide bonds. The summed E-state index contributed by atoms with van der Waals surface area (Å²) in [4.78, 5) is 39.5. The van der Waals surface area contributed by atoms with E-state index in [1.165, 1.54) is 0 Å². The van der Waals surface area contributed by atoms with Crippen molar-refractivity contribution in [2.45, 2.75) is 18.9 Å². The maximum Gasteiger partial charge on any atom is 0.340 e. The number of methoxy groups -OCH3 is 2. The van der Waals surface area contributed by atoms with Crippen molar-refractivity contribution in [3.05, 3.63) is 89.5 Å². The molecule has 186 valence electrons. The highest BCUT2D eigenvalue weighted by Crippen LogP contribution is 2.27. The van der Waals surface area contributed by atoms with Gasteiger partial charge in [-0.3, -0.25) is 9.59 Å². The average Bonchev–Trinajstić information content (AvgIpc) is 3.36. The molecule has 8 heteroatoms. The summed E-state index contributed by atoms with van der Waals surface area (Å²) < 4.78 is 15.8. The molecule has 1 heterocycles. The summed E-state index contributed by atoms with van der Waals surface area (Å²) in [6, 6.07) is 21.0. The third-order valence-corrected chi connectivity index (χ3v) is 6.03. The molecule has 36 heavy (non-hydrogen) atoms. The molecule has 1 aliphatic rings. The lowest BCUT2D eigenvalue weighted by Crippen LogP contribution is -2.33. The summed E-state index contributed by atoms with van der Waals surface area (Å²) >= 11 is 0. The van der Waals surface area contributed by atoms with E-state index >= 15 is 0 Å². The van der Waals surface area contributed by atoms with Gasteiger partial charge in [0, 0.05) is 13.0 Å². The predicted molar refractivity (Wildman–Crippen MR) is 134 cm³/mol. The van der Waals surface area contributed by atoms with Gasteiger partial charge in [0.2, 0.25) is 5.91 Å². The topological polar surface area (TPSA) is 94.2 Å². The molecule has 1 aliphatic heterocycles. The largest absolute Gasteiger partial charge is 0.497 e. The van der Waals surface area contributed by atoms with Gasteiger partial charge in [0.15, 0.2) is 6.61 Å². The van der Waals surface area contributed by atoms with Gasteiger partial charge in [-0.25, -0.2) is 4.79 Å². The molecule has 0 aromatic heterocycles. The minimum absolute atomic E-state index is 0.0326. The van der Waals surface area contributed by atoms with E-state index in [2.05, 4.69) is 5.32 Å². The van der Waals surface area contributed by atoms with Gasteiger partial charge < -0.3 is 24.4 Å². The Morgan fingerprint density at radius 1 is 0.889 bits per heavy atom. The number of para-hydroxylation sites is 1. The fraction of sp³-hybridized carbons (Fsp3) is 0.250. The second kappa shape index (κ2) is 11.4. The van der Waals surface area contributed by atoms with Crippen molar-refractivity contribution < 1.29 is 28.6 Å². The third-order valence-electron chi connectivity index (χ3n) is 6.03. The summed E-state index contributed by atoms with van der Waals surface area (Å²) in [5, 5.41) is 2.95. The zero-order valence-corrected chi connectivity index (χ0v) is 20.2. The fourth-order valence-electron chi connectivity index (χ4n) is 4.15. The van der Waals surface area contributed by atoms with E-state index in [1.807, 2.05) is 48.5 Å². The Labute approximate surface area is 209 Å². The van der Waals surface area contributed by atoms with Crippen LogP contribution in [0.5, 0.6) is 11.5 Å². The third kappa shape index (κ3) is 5.66. The quantitative estimate of drug-likeness (QED) is 0.459. The molecule has 0 spiro atoms. The maximum atomic E-state index is 12.9. The summed E-state index contributed by atoms with van der Waals surface area (Å²) in [6.45, 7) is 0.0823. The molecule has 0 aliphatic carbocycles. The first-order chi connectivity index (χ1) is 17.5. The minimum atomic E-state index is -0.661. The molecule has 0 atom stereocenters. The van der Waals surface area contributed by atoms with Crippen LogP contribution in [0.1, 0.15) is 40.4 Å². The van der Waals surface area contributed by atoms with Crippen LogP contribution in [-0.4, -0.2) is 45.2 Å². The molecule has 3 aromatic rings. The monoisotopic (exact) mass is 488 g/mol. The Bertz CT molecular complexity index is 1180. The summed E-state index contributed by atoms with van der Waals surface area (Å²) in [5.41, 5.74) is 2.42. The molecule has 0 bridgehead atoms. The average molecular weight is 489 g/mol. The van der Waals surface area contributed by atoms with Gasteiger partial charge in [-0.1, -0.05) is 36.4 Å². The first-order valence-corrected chi connectivity index (χ1v) is 11.6. The van der Waals surface area contributed by atoms with Gasteiger partial charge in [0.25, 0.3) is 5.91 Å². The zero-order chi connectivity index (χ0) is 25.5. The molecule has 1 saturated heterocycles. The van der Waals surface area contributed by atoms with E-state index in [-0.39, 0.29) is 11.5 Å². The molecule has 1 N–H and O–H groups in total. The molecular weight excluding hydrogens is 460 g/mol. The van der Waals surface area contributed by atoms with Crippen LogP contribution in [0.3, 0.4) is 0 Å². The van der Waals surface area contributed by atoms with Crippen LogP contribution >= 0.6 is 0 Å². The van der Waals surface area contributed by atoms with Crippen LogP contribution in [0.25, 0.3) is 0 Å². The Morgan fingerprint density at radius 3 is 2.00 bits per heavy atom. The van der Waals surface area contributed by atoms with Crippen molar-refractivity contribution in [3.63, 3.8) is 0 Å². The second-order valence-corrected chi connectivity index (χ2v) is 8.29. The van der Waals surface area contributed by atoms with E-state index in [1.54, 1.807) is 43.4 Å². The first kappa shape index (κ1) is 24.8. The zero-order valence-electron chi connectivity index (χ0n) is 20.2. The van der Waals surface area contributed by atoms with E-state index in [0.29, 0.717) is 30.2 Å². The first-order valence-electron chi connectivity index (χ1n) is 11.6. The number of carbonyl (C=O) groups is 3. The summed E-state index contributed by atoms with van der Waals surface area (Å²) in [7, 11) is 3.17. The Morgan fingerprint density at radius 2 is 1.47 bits per heavy atom. The lowest BCUT2D eigenvalue weighted by atomic mass is 9.98. The summed E-state index contributed by atoms with van der Waals surface area (Å²) in [6.07, 6.45) is 1.19. The number of hydrogen-bond acceptors (Lipinski definition) is 6. The summed E-state index contributed by atoms with van der Waals surface area (Å²) in [5.74, 6) is 0.237. The van der Waals surface area contributed by atoms with Gasteiger partial charge in [0.05, 0.1) is 31.5 Å². The lowest BCUT2D eigenvalue weighted by molar-refractivity contribution is -0.124. The number of nitrogens with zero attached hydrogens (tertiary/aromatic N) is 1. The second-order valence-electron chi connectivity index (χ2n) is 8.29. The van der Waals surface area contributed by atoms with Gasteiger partial charge in [-0.05, 0) is 53.9 Å². The van der Waals surface area contributed by atoms with Crippen LogP contribution in [0.15, 0.2) is 72.8 Å². The number of esters is 1. The number of nitrogens with one attached hydrogen (secondary N) is 1. The van der Waals surface area contributed by atoms with Crippen LogP contribution in [0, 0.1) is 0 Å². The maximum absolute atomic E-state index is 12.9. The van der Waals surface area contributed by atoms with Gasteiger partial charge in [-0.15, -0.1) is 0 Å². The van der Waals surface area contributed by atoms with Crippen LogP contribution in [-0.2, 0) is 14.3 Å². The van der Waals surface area contributed by atoms with Crippen molar-refractivity contribution in [1.82, 2.24) is 5.32 Å². The van der Waals surface area contributed by atoms with E-state index in [0.717, 1.165) is 17.5 Å². The molecule has 4 rings (SSSR count). The number of ether oxygens (including phenoxy) is 3. The van der Waals surface area contributed by atoms with Crippen molar-refractivity contribution in [2.75, 3.05) is 32.3 Å². The fourth-order valence-corrected chi connectivity index (χ4v) is 4.15. The highest BCUT2D eigenvalue weighted by Gasteiger charge is 2.26. The molecule has 0 saturated carbocycles. The van der Waals surface area contributed by atoms with Gasteiger partial charge in [-0.2, -0.15) is 0 Å². The van der Waals surface area contributed by atoms with Gasteiger partial charge in [0.1, 0.15) is 11.5 Å². The molecule has 1 fully saturated rings. The Kier molecular flexibility index (Phi) is 7.85. The number of anilines is 1. The van der Waals surface area contributed by atoms with Crippen LogP contribution < -0.4 is 19.7 Å². The molecule has 8 nitrogen and oxygen atoms in total. The lowest BCUT2D eigenvalue weighted by Gasteiger charge is -2.21. The van der Waals surface area contributed by atoms with Crippen molar-refractivity contribution in [1.29, 1.82) is 0 Å². The SMILES string of the molecule is COc1ccc(C(NC(=O)COC(=O)c2ccccc2N2CCCC2=O)c2ccc(OC)cc2)cc1. The van der Waals surface area contributed by atoms with Gasteiger partial charge >= 0.3 is 5.97 Å². The standard InChI is InChI=1S/C28H28N2O6/c1-34-21-13-9-19(10-14-21)27(20-11-15-22(35-2)16-12-20)29-25(31)18-36-28(33)23-6-3-4-7-24(23)30-17-5-8-26(30)32/h3-4,6-7,9-16,27H,5,8,17-18H2,1-2H3,(H,29,31). The molecule has 0 unspecified atom stereocenters. The number of hydrogen-bond donors (Lipinski definition) is 1. The van der Waals surface area contributed by atoms with Crippen LogP contribution in [0.4, 0.5) is 5.69 Å². The van der Waals surface area contributed by atoms with Crippen molar-refractivity contribution >= 4 is 23.5 Å². The van der Waals surface area contributed by atoms with E-state index in [9.17, 15) is 14.4 Å². The normalized spacial score (nSPS) is 13.0. The highest BCUT2D eigenvalue weighted by molar-refractivity contribution is 6.03. The number of amides is 2. The van der Waals surface area contributed by atoms with Crippen molar-refractivity contribution in [2.24, 2.45) is 0 Å². The highest BCUT2D eigenvalue weighted by atomic mass is 16.5. The molecular formula is C28H28N2O6.